The smallest absolute Gasteiger partial charge is 0.220 e. The lowest BCUT2D eigenvalue weighted by molar-refractivity contribution is -0.123. The second-order valence-corrected chi connectivity index (χ2v) is 6.28. The van der Waals surface area contributed by atoms with Gasteiger partial charge in [0.05, 0.1) is 0 Å². The van der Waals surface area contributed by atoms with E-state index in [-0.39, 0.29) is 11.4 Å². The number of hydrogen-bond donors (Lipinski definition) is 2. The number of carbonyl (C=O) groups is 1. The van der Waals surface area contributed by atoms with Gasteiger partial charge < -0.3 is 10.6 Å². The number of amides is 1. The van der Waals surface area contributed by atoms with Crippen molar-refractivity contribution in [2.75, 3.05) is 13.1 Å². The third-order valence-corrected chi connectivity index (χ3v) is 4.30. The highest BCUT2D eigenvalue weighted by atomic mass is 16.1. The second kappa shape index (κ2) is 5.38. The van der Waals surface area contributed by atoms with Crippen LogP contribution >= 0.6 is 0 Å². The van der Waals surface area contributed by atoms with Gasteiger partial charge in [-0.3, -0.25) is 4.79 Å². The van der Waals surface area contributed by atoms with Gasteiger partial charge in [-0.05, 0) is 70.9 Å². The van der Waals surface area contributed by atoms with E-state index in [9.17, 15) is 4.79 Å². The van der Waals surface area contributed by atoms with E-state index >= 15 is 0 Å². The van der Waals surface area contributed by atoms with Crippen LogP contribution < -0.4 is 10.6 Å². The monoisotopic (exact) mass is 238 g/mol. The van der Waals surface area contributed by atoms with E-state index < -0.39 is 0 Å². The Balaban J connectivity index is 1.66. The Hall–Kier alpha value is -0.570. The molecule has 2 N–H and O–H groups in total. The number of piperidine rings is 1. The summed E-state index contributed by atoms with van der Waals surface area (Å²) in [5.41, 5.74) is 0.0191. The molecule has 1 heterocycles. The van der Waals surface area contributed by atoms with E-state index in [1.165, 1.54) is 25.7 Å². The first-order valence-corrected chi connectivity index (χ1v) is 7.09. The Morgan fingerprint density at radius 2 is 1.88 bits per heavy atom. The number of rotatable bonds is 5. The fourth-order valence-electron chi connectivity index (χ4n) is 2.83. The van der Waals surface area contributed by atoms with E-state index in [4.69, 9.17) is 0 Å². The van der Waals surface area contributed by atoms with Gasteiger partial charge in [0.2, 0.25) is 5.91 Å². The van der Waals surface area contributed by atoms with Gasteiger partial charge in [0, 0.05) is 12.0 Å². The Morgan fingerprint density at radius 1 is 1.24 bits per heavy atom. The molecular weight excluding hydrogens is 212 g/mol. The molecule has 2 rings (SSSR count). The van der Waals surface area contributed by atoms with Gasteiger partial charge in [0.1, 0.15) is 0 Å². The third-order valence-electron chi connectivity index (χ3n) is 4.30. The average molecular weight is 238 g/mol. The highest BCUT2D eigenvalue weighted by Gasteiger charge is 2.38. The number of carbonyl (C=O) groups excluding carboxylic acids is 1. The van der Waals surface area contributed by atoms with Crippen molar-refractivity contribution in [1.82, 2.24) is 10.6 Å². The predicted octanol–water partition coefficient (Wildman–Crippen LogP) is 2.07. The van der Waals surface area contributed by atoms with E-state index in [2.05, 4.69) is 24.5 Å². The molecule has 1 saturated heterocycles. The predicted molar refractivity (Wildman–Crippen MR) is 69.8 cm³/mol. The molecule has 17 heavy (non-hydrogen) atoms. The van der Waals surface area contributed by atoms with Crippen molar-refractivity contribution in [2.24, 2.45) is 11.8 Å². The maximum absolute atomic E-state index is 11.9. The molecule has 1 aliphatic heterocycles. The van der Waals surface area contributed by atoms with Crippen molar-refractivity contribution in [1.29, 1.82) is 0 Å². The van der Waals surface area contributed by atoms with E-state index in [1.807, 2.05) is 0 Å². The van der Waals surface area contributed by atoms with Crippen LogP contribution in [0.15, 0.2) is 0 Å². The molecule has 2 fully saturated rings. The molecule has 0 radical (unpaired) electrons. The van der Waals surface area contributed by atoms with E-state index in [1.54, 1.807) is 0 Å². The lowest BCUT2D eigenvalue weighted by atomic mass is 9.92. The Morgan fingerprint density at radius 3 is 2.47 bits per heavy atom. The molecule has 3 nitrogen and oxygen atoms in total. The SMILES string of the molecule is CC(C)(NC(=O)CCC1CCNCC1)C1CC1. The van der Waals surface area contributed by atoms with E-state index in [0.717, 1.165) is 25.4 Å². The zero-order chi connectivity index (χ0) is 12.3. The molecule has 3 heteroatoms. The second-order valence-electron chi connectivity index (χ2n) is 6.28. The summed E-state index contributed by atoms with van der Waals surface area (Å²) in [4.78, 5) is 11.9. The van der Waals surface area contributed by atoms with Crippen molar-refractivity contribution < 1.29 is 4.79 Å². The summed E-state index contributed by atoms with van der Waals surface area (Å²) >= 11 is 0. The van der Waals surface area contributed by atoms with E-state index in [0.29, 0.717) is 12.3 Å². The first-order chi connectivity index (χ1) is 8.08. The molecule has 1 saturated carbocycles. The molecule has 0 bridgehead atoms. The first-order valence-electron chi connectivity index (χ1n) is 7.09. The lowest BCUT2D eigenvalue weighted by Gasteiger charge is -2.27. The van der Waals surface area contributed by atoms with Gasteiger partial charge in [-0.25, -0.2) is 0 Å². The van der Waals surface area contributed by atoms with Crippen LogP contribution in [0.2, 0.25) is 0 Å². The molecule has 0 aromatic rings. The van der Waals surface area contributed by atoms with Crippen molar-refractivity contribution >= 4 is 5.91 Å². The van der Waals surface area contributed by atoms with Gasteiger partial charge in [-0.15, -0.1) is 0 Å². The standard InChI is InChI=1S/C14H26N2O/c1-14(2,12-4-5-12)16-13(17)6-3-11-7-9-15-10-8-11/h11-12,15H,3-10H2,1-2H3,(H,16,17). The molecule has 0 atom stereocenters. The highest BCUT2D eigenvalue weighted by molar-refractivity contribution is 5.76. The van der Waals surface area contributed by atoms with Gasteiger partial charge in [0.15, 0.2) is 0 Å². The van der Waals surface area contributed by atoms with Crippen LogP contribution in [0.5, 0.6) is 0 Å². The summed E-state index contributed by atoms with van der Waals surface area (Å²) < 4.78 is 0. The summed E-state index contributed by atoms with van der Waals surface area (Å²) in [6, 6.07) is 0. The Kier molecular flexibility index (Phi) is 4.08. The quantitative estimate of drug-likeness (QED) is 0.770. The number of hydrogen-bond acceptors (Lipinski definition) is 2. The fraction of sp³-hybridized carbons (Fsp3) is 0.929. The minimum Gasteiger partial charge on any atom is -0.351 e. The minimum absolute atomic E-state index is 0.0191. The molecule has 98 valence electrons. The van der Waals surface area contributed by atoms with Crippen LogP contribution in [0.1, 0.15) is 52.4 Å². The number of nitrogens with one attached hydrogen (secondary N) is 2. The Bertz CT molecular complexity index is 265. The topological polar surface area (TPSA) is 41.1 Å². The van der Waals surface area contributed by atoms with Gasteiger partial charge in [-0.1, -0.05) is 0 Å². The molecule has 0 aromatic heterocycles. The molecule has 1 aliphatic carbocycles. The van der Waals surface area contributed by atoms with Crippen LogP contribution in [0.25, 0.3) is 0 Å². The minimum atomic E-state index is 0.0191. The highest BCUT2D eigenvalue weighted by Crippen LogP contribution is 2.39. The molecule has 0 unspecified atom stereocenters. The zero-order valence-electron chi connectivity index (χ0n) is 11.2. The molecule has 0 aromatic carbocycles. The summed E-state index contributed by atoms with van der Waals surface area (Å²) in [5.74, 6) is 1.72. The van der Waals surface area contributed by atoms with Crippen molar-refractivity contribution in [2.45, 2.75) is 57.9 Å². The molecule has 1 amide bonds. The Labute approximate surface area is 105 Å². The third kappa shape index (κ3) is 3.98. The average Bonchev–Trinajstić information content (AvgIpc) is 3.11. The van der Waals surface area contributed by atoms with Crippen LogP contribution in [0.3, 0.4) is 0 Å². The van der Waals surface area contributed by atoms with Crippen LogP contribution in [0, 0.1) is 11.8 Å². The van der Waals surface area contributed by atoms with Gasteiger partial charge >= 0.3 is 0 Å². The van der Waals surface area contributed by atoms with Crippen molar-refractivity contribution in [3.05, 3.63) is 0 Å². The summed E-state index contributed by atoms with van der Waals surface area (Å²) in [7, 11) is 0. The summed E-state index contributed by atoms with van der Waals surface area (Å²) in [6.45, 7) is 6.57. The summed E-state index contributed by atoms with van der Waals surface area (Å²) in [5, 5.41) is 6.57. The largest absolute Gasteiger partial charge is 0.351 e. The molecular formula is C14H26N2O. The molecule has 2 aliphatic rings. The van der Waals surface area contributed by atoms with Crippen LogP contribution in [0.4, 0.5) is 0 Å². The van der Waals surface area contributed by atoms with Crippen LogP contribution in [-0.2, 0) is 4.79 Å². The fourth-order valence-corrected chi connectivity index (χ4v) is 2.83. The maximum Gasteiger partial charge on any atom is 0.220 e. The lowest BCUT2D eigenvalue weighted by Crippen LogP contribution is -2.45. The summed E-state index contributed by atoms with van der Waals surface area (Å²) in [6.07, 6.45) is 6.80. The van der Waals surface area contributed by atoms with Crippen molar-refractivity contribution in [3.63, 3.8) is 0 Å². The maximum atomic E-state index is 11.9. The zero-order valence-corrected chi connectivity index (χ0v) is 11.2. The normalized spacial score (nSPS) is 22.5. The van der Waals surface area contributed by atoms with Gasteiger partial charge in [0.25, 0.3) is 0 Å². The van der Waals surface area contributed by atoms with Crippen LogP contribution in [-0.4, -0.2) is 24.5 Å². The first kappa shape index (κ1) is 12.9. The molecule has 0 spiro atoms. The van der Waals surface area contributed by atoms with Gasteiger partial charge in [-0.2, -0.15) is 0 Å². The van der Waals surface area contributed by atoms with Crippen molar-refractivity contribution in [3.8, 4) is 0 Å².